The summed E-state index contributed by atoms with van der Waals surface area (Å²) < 4.78 is 28.2. The highest BCUT2D eigenvalue weighted by Crippen LogP contribution is 2.20. The smallest absolute Gasteiger partial charge is 0.262 e. The van der Waals surface area contributed by atoms with Crippen LogP contribution in [-0.2, 0) is 4.79 Å². The van der Waals surface area contributed by atoms with Gasteiger partial charge in [0.2, 0.25) is 5.91 Å². The fourth-order valence-corrected chi connectivity index (χ4v) is 3.48. The number of anilines is 1. The number of carbonyl (C=O) groups excluding carboxylic acids is 1. The zero-order valence-corrected chi connectivity index (χ0v) is 16.5. The van der Waals surface area contributed by atoms with Crippen molar-refractivity contribution in [2.75, 3.05) is 11.1 Å². The number of aromatic amines is 1. The number of aryl methyl sites for hydroxylation is 1. The molecule has 0 aliphatic heterocycles. The highest BCUT2D eigenvalue weighted by Gasteiger charge is 2.14. The number of rotatable bonds is 5. The topological polar surface area (TPSA) is 92.7 Å². The highest BCUT2D eigenvalue weighted by molar-refractivity contribution is 7.99. The minimum absolute atomic E-state index is 0.128. The molecular formula is C20H15F2N5O2S. The Labute approximate surface area is 173 Å². The van der Waals surface area contributed by atoms with Crippen LogP contribution in [0.4, 0.5) is 14.5 Å². The van der Waals surface area contributed by atoms with E-state index in [1.165, 1.54) is 6.20 Å². The number of H-pyrrole nitrogens is 1. The Morgan fingerprint density at radius 1 is 1.23 bits per heavy atom. The molecule has 0 saturated carbocycles. The Balaban J connectivity index is 1.55. The molecular weight excluding hydrogens is 412 g/mol. The van der Waals surface area contributed by atoms with Crippen molar-refractivity contribution < 1.29 is 13.6 Å². The van der Waals surface area contributed by atoms with Crippen LogP contribution in [0, 0.1) is 18.6 Å². The van der Waals surface area contributed by atoms with Crippen LogP contribution in [0.15, 0.2) is 58.6 Å². The second-order valence-electron chi connectivity index (χ2n) is 6.46. The SMILES string of the molecule is Cc1cccc(-n2ncc3c(=O)[nH]c(SCC(=O)Nc4ccc(F)cc4F)nc32)c1. The number of halogens is 2. The zero-order valence-electron chi connectivity index (χ0n) is 15.6. The first kappa shape index (κ1) is 19.8. The maximum atomic E-state index is 13.7. The van der Waals surface area contributed by atoms with Crippen LogP contribution < -0.4 is 10.9 Å². The first-order valence-electron chi connectivity index (χ1n) is 8.83. The van der Waals surface area contributed by atoms with Gasteiger partial charge in [-0.2, -0.15) is 5.10 Å². The van der Waals surface area contributed by atoms with Gasteiger partial charge in [0, 0.05) is 6.07 Å². The molecule has 2 heterocycles. The molecule has 4 rings (SSSR count). The van der Waals surface area contributed by atoms with Crippen LogP contribution in [0.5, 0.6) is 0 Å². The summed E-state index contributed by atoms with van der Waals surface area (Å²) in [4.78, 5) is 31.5. The van der Waals surface area contributed by atoms with Crippen LogP contribution >= 0.6 is 11.8 Å². The molecule has 10 heteroatoms. The van der Waals surface area contributed by atoms with E-state index in [9.17, 15) is 18.4 Å². The van der Waals surface area contributed by atoms with Gasteiger partial charge in [0.1, 0.15) is 17.0 Å². The number of amides is 1. The van der Waals surface area contributed by atoms with Crippen LogP contribution in [-0.4, -0.2) is 31.4 Å². The van der Waals surface area contributed by atoms with Gasteiger partial charge in [-0.15, -0.1) is 0 Å². The quantitative estimate of drug-likeness (QED) is 0.376. The molecule has 2 aromatic carbocycles. The van der Waals surface area contributed by atoms with Gasteiger partial charge in [0.05, 0.1) is 23.3 Å². The molecule has 1 amide bonds. The van der Waals surface area contributed by atoms with Crippen molar-refractivity contribution in [2.24, 2.45) is 0 Å². The van der Waals surface area contributed by atoms with Crippen molar-refractivity contribution >= 4 is 34.4 Å². The van der Waals surface area contributed by atoms with E-state index in [0.29, 0.717) is 17.1 Å². The Kier molecular flexibility index (Phi) is 5.32. The summed E-state index contributed by atoms with van der Waals surface area (Å²) in [6.45, 7) is 1.94. The van der Waals surface area contributed by atoms with E-state index in [2.05, 4.69) is 20.4 Å². The third kappa shape index (κ3) is 4.08. The number of aromatic nitrogens is 4. The highest BCUT2D eigenvalue weighted by atomic mass is 32.2. The van der Waals surface area contributed by atoms with E-state index in [1.54, 1.807) is 4.68 Å². The fraction of sp³-hybridized carbons (Fsp3) is 0.100. The Morgan fingerprint density at radius 2 is 2.07 bits per heavy atom. The molecule has 2 N–H and O–H groups in total. The van der Waals surface area contributed by atoms with E-state index < -0.39 is 17.5 Å². The molecule has 7 nitrogen and oxygen atoms in total. The molecule has 0 unspecified atom stereocenters. The van der Waals surface area contributed by atoms with Crippen LogP contribution in [0.25, 0.3) is 16.7 Å². The second kappa shape index (κ2) is 8.07. The number of thioether (sulfide) groups is 1. The van der Waals surface area contributed by atoms with Gasteiger partial charge in [0.15, 0.2) is 10.8 Å². The Hall–Kier alpha value is -3.53. The molecule has 0 aliphatic carbocycles. The summed E-state index contributed by atoms with van der Waals surface area (Å²) in [6, 6.07) is 10.4. The van der Waals surface area contributed by atoms with Gasteiger partial charge in [0.25, 0.3) is 5.56 Å². The summed E-state index contributed by atoms with van der Waals surface area (Å²) in [7, 11) is 0. The molecule has 2 aromatic heterocycles. The van der Waals surface area contributed by atoms with Crippen molar-refractivity contribution in [3.63, 3.8) is 0 Å². The Bertz CT molecular complexity index is 1320. The maximum Gasteiger partial charge on any atom is 0.262 e. The third-order valence-electron chi connectivity index (χ3n) is 4.21. The predicted octanol–water partition coefficient (Wildman–Crippen LogP) is 3.43. The second-order valence-corrected chi connectivity index (χ2v) is 7.43. The molecule has 0 spiro atoms. The lowest BCUT2D eigenvalue weighted by atomic mass is 10.2. The number of carbonyl (C=O) groups is 1. The lowest BCUT2D eigenvalue weighted by molar-refractivity contribution is -0.113. The van der Waals surface area contributed by atoms with Gasteiger partial charge in [-0.25, -0.2) is 18.4 Å². The summed E-state index contributed by atoms with van der Waals surface area (Å²) in [5.74, 6) is -2.27. The normalized spacial score (nSPS) is 11.0. The number of hydrogen-bond donors (Lipinski definition) is 2. The molecule has 4 aromatic rings. The molecule has 0 bridgehead atoms. The molecule has 152 valence electrons. The first-order chi connectivity index (χ1) is 14.4. The van der Waals surface area contributed by atoms with Gasteiger partial charge in [-0.3, -0.25) is 9.59 Å². The van der Waals surface area contributed by atoms with Crippen molar-refractivity contribution in [1.82, 2.24) is 19.7 Å². The molecule has 0 fully saturated rings. The van der Waals surface area contributed by atoms with Gasteiger partial charge >= 0.3 is 0 Å². The van der Waals surface area contributed by atoms with Gasteiger partial charge in [-0.1, -0.05) is 23.9 Å². The summed E-state index contributed by atoms with van der Waals surface area (Å²) >= 11 is 0.980. The molecule has 0 aliphatic rings. The summed E-state index contributed by atoms with van der Waals surface area (Å²) in [6.07, 6.45) is 1.43. The van der Waals surface area contributed by atoms with Crippen LogP contribution in [0.3, 0.4) is 0 Å². The number of benzene rings is 2. The fourth-order valence-electron chi connectivity index (χ4n) is 2.83. The van der Waals surface area contributed by atoms with Gasteiger partial charge in [-0.05, 0) is 36.8 Å². The van der Waals surface area contributed by atoms with Crippen molar-refractivity contribution in [2.45, 2.75) is 12.1 Å². The maximum absolute atomic E-state index is 13.7. The standard InChI is InChI=1S/C20H15F2N5O2S/c1-11-3-2-4-13(7-11)27-18-14(9-23-27)19(29)26-20(25-18)30-10-17(28)24-16-6-5-12(21)8-15(16)22/h2-9H,10H2,1H3,(H,24,28)(H,25,26,29). The van der Waals surface area contributed by atoms with Crippen molar-refractivity contribution in [3.05, 3.63) is 76.2 Å². The number of hydrogen-bond acceptors (Lipinski definition) is 5. The lowest BCUT2D eigenvalue weighted by Crippen LogP contribution is -2.16. The Morgan fingerprint density at radius 3 is 2.83 bits per heavy atom. The minimum Gasteiger partial charge on any atom is -0.323 e. The number of nitrogens with zero attached hydrogens (tertiary/aromatic N) is 3. The number of fused-ring (bicyclic) bond motifs is 1. The predicted molar refractivity (Wildman–Crippen MR) is 110 cm³/mol. The van der Waals surface area contributed by atoms with Gasteiger partial charge < -0.3 is 10.3 Å². The molecule has 0 atom stereocenters. The molecule has 0 radical (unpaired) electrons. The largest absolute Gasteiger partial charge is 0.323 e. The van der Waals surface area contributed by atoms with E-state index >= 15 is 0 Å². The van der Waals surface area contributed by atoms with E-state index in [1.807, 2.05) is 31.2 Å². The minimum atomic E-state index is -0.872. The average molecular weight is 427 g/mol. The van der Waals surface area contributed by atoms with E-state index in [-0.39, 0.29) is 22.2 Å². The van der Waals surface area contributed by atoms with Crippen molar-refractivity contribution in [3.8, 4) is 5.69 Å². The zero-order chi connectivity index (χ0) is 21.3. The average Bonchev–Trinajstić information content (AvgIpc) is 3.13. The lowest BCUT2D eigenvalue weighted by Gasteiger charge is -2.07. The number of nitrogens with one attached hydrogen (secondary N) is 2. The third-order valence-corrected chi connectivity index (χ3v) is 5.08. The van der Waals surface area contributed by atoms with E-state index in [0.717, 1.165) is 35.1 Å². The molecule has 30 heavy (non-hydrogen) atoms. The van der Waals surface area contributed by atoms with Crippen LogP contribution in [0.1, 0.15) is 5.56 Å². The monoisotopic (exact) mass is 427 g/mol. The summed E-state index contributed by atoms with van der Waals surface area (Å²) in [5.41, 5.74) is 1.63. The van der Waals surface area contributed by atoms with E-state index in [4.69, 9.17) is 0 Å². The summed E-state index contributed by atoms with van der Waals surface area (Å²) in [5, 5.41) is 7.15. The first-order valence-corrected chi connectivity index (χ1v) is 9.82. The van der Waals surface area contributed by atoms with Crippen LogP contribution in [0.2, 0.25) is 0 Å². The van der Waals surface area contributed by atoms with Crippen molar-refractivity contribution in [1.29, 1.82) is 0 Å². The molecule has 0 saturated heterocycles.